The van der Waals surface area contributed by atoms with Gasteiger partial charge in [-0.2, -0.15) is 0 Å². The molecule has 1 atom stereocenters. The van der Waals surface area contributed by atoms with E-state index < -0.39 is 23.8 Å². The number of hydrogen-bond donors (Lipinski definition) is 2. The molecule has 0 fully saturated rings. The standard InChI is InChI=1S/C15H14BrF2NO/c1-15(9-20,14-12(17)6-3-7-13(14)18)19-11-5-2-4-10(16)8-11/h2-8,19-20H,9H2,1H3. The number of aliphatic hydroxyl groups is 1. The van der Waals surface area contributed by atoms with E-state index in [1.165, 1.54) is 18.2 Å². The largest absolute Gasteiger partial charge is 0.394 e. The quantitative estimate of drug-likeness (QED) is 0.879. The van der Waals surface area contributed by atoms with Crippen LogP contribution in [-0.2, 0) is 5.54 Å². The Morgan fingerprint density at radius 2 is 1.75 bits per heavy atom. The van der Waals surface area contributed by atoms with Gasteiger partial charge in [-0.1, -0.05) is 28.1 Å². The average molecular weight is 342 g/mol. The third-order valence-electron chi connectivity index (χ3n) is 3.08. The molecule has 1 unspecified atom stereocenters. The fourth-order valence-corrected chi connectivity index (χ4v) is 2.49. The van der Waals surface area contributed by atoms with Crippen molar-refractivity contribution in [3.05, 3.63) is 64.1 Å². The normalized spacial score (nSPS) is 13.8. The Hall–Kier alpha value is -1.46. The van der Waals surface area contributed by atoms with Crippen molar-refractivity contribution in [2.24, 2.45) is 0 Å². The zero-order valence-electron chi connectivity index (χ0n) is 10.8. The lowest BCUT2D eigenvalue weighted by Crippen LogP contribution is -2.37. The number of hydrogen-bond acceptors (Lipinski definition) is 2. The second-order valence-corrected chi connectivity index (χ2v) is 5.64. The van der Waals surface area contributed by atoms with E-state index in [0.717, 1.165) is 4.47 Å². The van der Waals surface area contributed by atoms with Crippen LogP contribution < -0.4 is 5.32 Å². The fraction of sp³-hybridized carbons (Fsp3) is 0.200. The van der Waals surface area contributed by atoms with Gasteiger partial charge in [0.2, 0.25) is 0 Å². The van der Waals surface area contributed by atoms with Crippen molar-refractivity contribution in [1.82, 2.24) is 0 Å². The molecule has 0 bridgehead atoms. The van der Waals surface area contributed by atoms with Gasteiger partial charge in [-0.05, 0) is 37.3 Å². The number of benzene rings is 2. The second-order valence-electron chi connectivity index (χ2n) is 4.72. The summed E-state index contributed by atoms with van der Waals surface area (Å²) < 4.78 is 28.7. The van der Waals surface area contributed by atoms with Crippen molar-refractivity contribution in [2.45, 2.75) is 12.5 Å². The number of aliphatic hydroxyl groups excluding tert-OH is 1. The number of halogens is 3. The van der Waals surface area contributed by atoms with Crippen molar-refractivity contribution >= 4 is 21.6 Å². The Bertz CT molecular complexity index is 600. The summed E-state index contributed by atoms with van der Waals surface area (Å²) >= 11 is 3.33. The molecule has 0 heterocycles. The summed E-state index contributed by atoms with van der Waals surface area (Å²) in [7, 11) is 0. The van der Waals surface area contributed by atoms with Crippen molar-refractivity contribution in [1.29, 1.82) is 0 Å². The molecule has 2 nitrogen and oxygen atoms in total. The van der Waals surface area contributed by atoms with Crippen molar-refractivity contribution < 1.29 is 13.9 Å². The first-order valence-electron chi connectivity index (χ1n) is 6.05. The van der Waals surface area contributed by atoms with E-state index in [4.69, 9.17) is 0 Å². The molecule has 2 aromatic rings. The molecule has 0 saturated carbocycles. The van der Waals surface area contributed by atoms with Crippen molar-refractivity contribution in [3.63, 3.8) is 0 Å². The third-order valence-corrected chi connectivity index (χ3v) is 3.57. The van der Waals surface area contributed by atoms with Crippen LogP contribution in [0.4, 0.5) is 14.5 Å². The lowest BCUT2D eigenvalue weighted by atomic mass is 9.91. The SMILES string of the molecule is CC(CO)(Nc1cccc(Br)c1)c1c(F)cccc1F. The molecule has 0 aliphatic rings. The molecule has 0 amide bonds. The Morgan fingerprint density at radius 3 is 2.30 bits per heavy atom. The first-order valence-corrected chi connectivity index (χ1v) is 6.85. The van der Waals surface area contributed by atoms with Crippen LogP contribution >= 0.6 is 15.9 Å². The highest BCUT2D eigenvalue weighted by Crippen LogP contribution is 2.30. The summed E-state index contributed by atoms with van der Waals surface area (Å²) in [6.07, 6.45) is 0. The van der Waals surface area contributed by atoms with E-state index >= 15 is 0 Å². The van der Waals surface area contributed by atoms with Gasteiger partial charge in [-0.25, -0.2) is 8.78 Å². The highest BCUT2D eigenvalue weighted by Gasteiger charge is 2.32. The number of rotatable bonds is 4. The van der Waals surface area contributed by atoms with Crippen LogP contribution in [-0.4, -0.2) is 11.7 Å². The lowest BCUT2D eigenvalue weighted by Gasteiger charge is -2.31. The van der Waals surface area contributed by atoms with Crippen molar-refractivity contribution in [2.75, 3.05) is 11.9 Å². The van der Waals surface area contributed by atoms with Gasteiger partial charge >= 0.3 is 0 Å². The highest BCUT2D eigenvalue weighted by molar-refractivity contribution is 9.10. The maximum absolute atomic E-state index is 13.9. The molecule has 2 N–H and O–H groups in total. The maximum atomic E-state index is 13.9. The van der Waals surface area contributed by atoms with Gasteiger partial charge in [0.25, 0.3) is 0 Å². The second kappa shape index (κ2) is 5.89. The van der Waals surface area contributed by atoms with Crippen LogP contribution in [0.1, 0.15) is 12.5 Å². The summed E-state index contributed by atoms with van der Waals surface area (Å²) in [4.78, 5) is 0. The van der Waals surface area contributed by atoms with E-state index in [1.54, 1.807) is 25.1 Å². The van der Waals surface area contributed by atoms with Crippen LogP contribution in [0.3, 0.4) is 0 Å². The summed E-state index contributed by atoms with van der Waals surface area (Å²) in [5, 5.41) is 12.6. The molecule has 20 heavy (non-hydrogen) atoms. The Balaban J connectivity index is 2.44. The Morgan fingerprint density at radius 1 is 1.15 bits per heavy atom. The van der Waals surface area contributed by atoms with Crippen molar-refractivity contribution in [3.8, 4) is 0 Å². The van der Waals surface area contributed by atoms with E-state index in [2.05, 4.69) is 21.2 Å². The first kappa shape index (κ1) is 14.9. The summed E-state index contributed by atoms with van der Waals surface area (Å²) in [6.45, 7) is 1.10. The van der Waals surface area contributed by atoms with E-state index in [-0.39, 0.29) is 5.56 Å². The minimum absolute atomic E-state index is 0.178. The summed E-state index contributed by atoms with van der Waals surface area (Å²) in [5.41, 5.74) is -0.781. The van der Waals surface area contributed by atoms with E-state index in [1.807, 2.05) is 6.07 Å². The molecule has 0 radical (unpaired) electrons. The van der Waals surface area contributed by atoms with Gasteiger partial charge in [0.15, 0.2) is 0 Å². The van der Waals surface area contributed by atoms with Gasteiger partial charge in [0.05, 0.1) is 17.7 Å². The van der Waals surface area contributed by atoms with Gasteiger partial charge in [-0.15, -0.1) is 0 Å². The zero-order chi connectivity index (χ0) is 14.8. The highest BCUT2D eigenvalue weighted by atomic mass is 79.9. The molecule has 0 aromatic heterocycles. The third kappa shape index (κ3) is 2.99. The maximum Gasteiger partial charge on any atom is 0.131 e. The van der Waals surface area contributed by atoms with Crippen LogP contribution in [0.15, 0.2) is 46.9 Å². The van der Waals surface area contributed by atoms with Gasteiger partial charge in [0.1, 0.15) is 11.6 Å². The zero-order valence-corrected chi connectivity index (χ0v) is 12.4. The molecular weight excluding hydrogens is 328 g/mol. The summed E-state index contributed by atoms with van der Waals surface area (Å²) in [6, 6.07) is 10.8. The average Bonchev–Trinajstić information content (AvgIpc) is 2.38. The Labute approximate surface area is 124 Å². The molecule has 0 spiro atoms. The summed E-state index contributed by atoms with van der Waals surface area (Å²) in [5.74, 6) is -1.38. The number of nitrogens with one attached hydrogen (secondary N) is 1. The minimum atomic E-state index is -1.25. The molecule has 2 rings (SSSR count). The topological polar surface area (TPSA) is 32.3 Å². The van der Waals surface area contributed by atoms with Gasteiger partial charge in [-0.3, -0.25) is 0 Å². The monoisotopic (exact) mass is 341 g/mol. The van der Waals surface area contributed by atoms with Gasteiger partial charge in [0, 0.05) is 10.2 Å². The van der Waals surface area contributed by atoms with Crippen LogP contribution in [0.2, 0.25) is 0 Å². The molecule has 0 aliphatic heterocycles. The van der Waals surface area contributed by atoms with E-state index in [0.29, 0.717) is 5.69 Å². The molecule has 2 aromatic carbocycles. The van der Waals surface area contributed by atoms with Gasteiger partial charge < -0.3 is 10.4 Å². The Kier molecular flexibility index (Phi) is 4.40. The lowest BCUT2D eigenvalue weighted by molar-refractivity contribution is 0.216. The molecule has 0 saturated heterocycles. The minimum Gasteiger partial charge on any atom is -0.394 e. The predicted molar refractivity (Wildman–Crippen MR) is 78.6 cm³/mol. The van der Waals surface area contributed by atoms with E-state index in [9.17, 15) is 13.9 Å². The molecular formula is C15H14BrF2NO. The first-order chi connectivity index (χ1) is 9.46. The smallest absolute Gasteiger partial charge is 0.131 e. The molecule has 0 aliphatic carbocycles. The number of anilines is 1. The van der Waals surface area contributed by atoms with Crippen LogP contribution in [0.5, 0.6) is 0 Å². The molecule has 106 valence electrons. The van der Waals surface area contributed by atoms with Crippen LogP contribution in [0.25, 0.3) is 0 Å². The van der Waals surface area contributed by atoms with Crippen LogP contribution in [0, 0.1) is 11.6 Å². The molecule has 5 heteroatoms. The fourth-order valence-electron chi connectivity index (χ4n) is 2.09. The predicted octanol–water partition coefficient (Wildman–Crippen LogP) is 4.05.